The van der Waals surface area contributed by atoms with E-state index in [2.05, 4.69) is 54.1 Å². The second kappa shape index (κ2) is 5.87. The summed E-state index contributed by atoms with van der Waals surface area (Å²) in [6.07, 6.45) is 2.67. The van der Waals surface area contributed by atoms with Gasteiger partial charge in [0.1, 0.15) is 0 Å². The molecular weight excluding hydrogens is 208 g/mol. The molecular formula is C15H22N2. The summed E-state index contributed by atoms with van der Waals surface area (Å²) >= 11 is 0. The number of anilines is 1. The van der Waals surface area contributed by atoms with E-state index in [0.717, 1.165) is 25.7 Å². The molecule has 2 heteroatoms. The van der Waals surface area contributed by atoms with Crippen LogP contribution in [0.15, 0.2) is 42.5 Å². The van der Waals surface area contributed by atoms with Crippen LogP contribution in [0.1, 0.15) is 19.8 Å². The van der Waals surface area contributed by atoms with Crippen molar-refractivity contribution in [3.63, 3.8) is 0 Å². The number of likely N-dealkylation sites (N-methyl/N-ethyl adjacent to an activating group) is 1. The van der Waals surface area contributed by atoms with Crippen LogP contribution in [0.4, 0.5) is 5.69 Å². The lowest BCUT2D eigenvalue weighted by molar-refractivity contribution is 0.716. The molecule has 1 aliphatic carbocycles. The minimum absolute atomic E-state index is 0.763. The molecule has 1 fully saturated rings. The van der Waals surface area contributed by atoms with Crippen LogP contribution in [0.5, 0.6) is 0 Å². The third-order valence-electron chi connectivity index (χ3n) is 3.14. The summed E-state index contributed by atoms with van der Waals surface area (Å²) in [4.78, 5) is 2.36. The van der Waals surface area contributed by atoms with Gasteiger partial charge in [-0.3, -0.25) is 0 Å². The Hall–Kier alpha value is -1.28. The van der Waals surface area contributed by atoms with Gasteiger partial charge in [-0.1, -0.05) is 24.8 Å². The number of rotatable bonds is 7. The molecule has 0 radical (unpaired) electrons. The molecule has 1 aliphatic rings. The molecule has 0 aliphatic heterocycles. The first-order valence-corrected chi connectivity index (χ1v) is 6.49. The predicted octanol–water partition coefficient (Wildman–Crippen LogP) is 2.82. The fourth-order valence-corrected chi connectivity index (χ4v) is 1.93. The molecule has 0 aromatic heterocycles. The Morgan fingerprint density at radius 3 is 2.65 bits per heavy atom. The van der Waals surface area contributed by atoms with Crippen LogP contribution >= 0.6 is 0 Å². The zero-order chi connectivity index (χ0) is 12.1. The summed E-state index contributed by atoms with van der Waals surface area (Å²) in [5, 5.41) is 3.51. The van der Waals surface area contributed by atoms with Crippen LogP contribution in [0.2, 0.25) is 0 Å². The number of hydrogen-bond acceptors (Lipinski definition) is 2. The molecule has 1 aromatic rings. The van der Waals surface area contributed by atoms with E-state index in [1.165, 1.54) is 24.1 Å². The molecule has 0 heterocycles. The first kappa shape index (κ1) is 12.2. The van der Waals surface area contributed by atoms with Gasteiger partial charge in [-0.05, 0) is 37.5 Å². The van der Waals surface area contributed by atoms with Crippen LogP contribution in [-0.4, -0.2) is 25.7 Å². The molecule has 1 aromatic carbocycles. The molecule has 0 bridgehead atoms. The molecule has 0 saturated heterocycles. The zero-order valence-electron chi connectivity index (χ0n) is 10.7. The summed E-state index contributed by atoms with van der Waals surface area (Å²) in [5.41, 5.74) is 2.55. The molecule has 92 valence electrons. The lowest BCUT2D eigenvalue weighted by Gasteiger charge is -2.24. The van der Waals surface area contributed by atoms with Crippen LogP contribution in [0, 0.1) is 0 Å². The number of benzene rings is 1. The van der Waals surface area contributed by atoms with Gasteiger partial charge in [-0.25, -0.2) is 0 Å². The smallest absolute Gasteiger partial charge is 0.0398 e. The molecule has 1 N–H and O–H groups in total. The Morgan fingerprint density at radius 1 is 1.35 bits per heavy atom. The van der Waals surface area contributed by atoms with Gasteiger partial charge in [0.15, 0.2) is 0 Å². The van der Waals surface area contributed by atoms with Gasteiger partial charge in [-0.2, -0.15) is 0 Å². The van der Waals surface area contributed by atoms with Gasteiger partial charge in [0.2, 0.25) is 0 Å². The van der Waals surface area contributed by atoms with E-state index in [1.54, 1.807) is 0 Å². The van der Waals surface area contributed by atoms with Crippen molar-refractivity contribution in [2.24, 2.45) is 0 Å². The lowest BCUT2D eigenvalue weighted by atomic mass is 10.2. The fraction of sp³-hybridized carbons (Fsp3) is 0.467. The molecule has 0 unspecified atom stereocenters. The second-order valence-corrected chi connectivity index (χ2v) is 4.75. The molecule has 0 spiro atoms. The molecule has 17 heavy (non-hydrogen) atoms. The number of nitrogens with one attached hydrogen (secondary N) is 1. The summed E-state index contributed by atoms with van der Waals surface area (Å²) < 4.78 is 0. The van der Waals surface area contributed by atoms with E-state index in [0.29, 0.717) is 0 Å². The van der Waals surface area contributed by atoms with Crippen molar-refractivity contribution in [1.29, 1.82) is 0 Å². The Bertz CT molecular complexity index is 354. The highest BCUT2D eigenvalue weighted by Gasteiger charge is 2.20. The highest BCUT2D eigenvalue weighted by Crippen LogP contribution is 2.19. The van der Waals surface area contributed by atoms with Crippen molar-refractivity contribution in [3.8, 4) is 0 Å². The van der Waals surface area contributed by atoms with E-state index < -0.39 is 0 Å². The van der Waals surface area contributed by atoms with Crippen molar-refractivity contribution in [1.82, 2.24) is 5.32 Å². The Balaban J connectivity index is 1.83. The molecule has 2 rings (SSSR count). The Kier molecular flexibility index (Phi) is 4.21. The molecule has 1 saturated carbocycles. The van der Waals surface area contributed by atoms with Crippen molar-refractivity contribution >= 4 is 5.69 Å². The standard InChI is InChI=1S/C15H22N2/c1-3-17(15-7-5-4-6-8-15)12-13(2)11-16-14-9-10-14/h4-8,14,16H,2-3,9-12H2,1H3. The number of hydrogen-bond donors (Lipinski definition) is 1. The first-order valence-electron chi connectivity index (χ1n) is 6.49. The third-order valence-corrected chi connectivity index (χ3v) is 3.14. The zero-order valence-corrected chi connectivity index (χ0v) is 10.7. The summed E-state index contributed by atoms with van der Waals surface area (Å²) in [6.45, 7) is 9.27. The van der Waals surface area contributed by atoms with Crippen molar-refractivity contribution in [3.05, 3.63) is 42.5 Å². The minimum atomic E-state index is 0.763. The maximum Gasteiger partial charge on any atom is 0.0398 e. The van der Waals surface area contributed by atoms with E-state index in [-0.39, 0.29) is 0 Å². The van der Waals surface area contributed by atoms with Crippen LogP contribution < -0.4 is 10.2 Å². The van der Waals surface area contributed by atoms with E-state index in [9.17, 15) is 0 Å². The lowest BCUT2D eigenvalue weighted by Crippen LogP contribution is -2.29. The van der Waals surface area contributed by atoms with Gasteiger partial charge < -0.3 is 10.2 Å². The van der Waals surface area contributed by atoms with Crippen LogP contribution in [0.25, 0.3) is 0 Å². The topological polar surface area (TPSA) is 15.3 Å². The third kappa shape index (κ3) is 3.90. The first-order chi connectivity index (χ1) is 8.29. The quantitative estimate of drug-likeness (QED) is 0.725. The van der Waals surface area contributed by atoms with E-state index in [1.807, 2.05) is 0 Å². The molecule has 2 nitrogen and oxygen atoms in total. The fourth-order valence-electron chi connectivity index (χ4n) is 1.93. The summed E-state index contributed by atoms with van der Waals surface area (Å²) in [5.74, 6) is 0. The van der Waals surface area contributed by atoms with Crippen molar-refractivity contribution < 1.29 is 0 Å². The summed E-state index contributed by atoms with van der Waals surface area (Å²) in [7, 11) is 0. The largest absolute Gasteiger partial charge is 0.368 e. The van der Waals surface area contributed by atoms with Crippen LogP contribution in [-0.2, 0) is 0 Å². The van der Waals surface area contributed by atoms with Crippen molar-refractivity contribution in [2.45, 2.75) is 25.8 Å². The Morgan fingerprint density at radius 2 is 2.06 bits per heavy atom. The van der Waals surface area contributed by atoms with Crippen molar-refractivity contribution in [2.75, 3.05) is 24.5 Å². The second-order valence-electron chi connectivity index (χ2n) is 4.75. The van der Waals surface area contributed by atoms with Gasteiger partial charge >= 0.3 is 0 Å². The number of nitrogens with zero attached hydrogens (tertiary/aromatic N) is 1. The maximum atomic E-state index is 4.16. The average Bonchev–Trinajstić information content (AvgIpc) is 3.18. The van der Waals surface area contributed by atoms with Gasteiger partial charge in [0.05, 0.1) is 0 Å². The normalized spacial score (nSPS) is 14.6. The monoisotopic (exact) mass is 230 g/mol. The molecule has 0 amide bonds. The highest BCUT2D eigenvalue weighted by molar-refractivity contribution is 5.47. The summed E-state index contributed by atoms with van der Waals surface area (Å²) in [6, 6.07) is 11.3. The SMILES string of the molecule is C=C(CNC1CC1)CN(CC)c1ccccc1. The maximum absolute atomic E-state index is 4.16. The number of para-hydroxylation sites is 1. The average molecular weight is 230 g/mol. The highest BCUT2D eigenvalue weighted by atomic mass is 15.1. The van der Waals surface area contributed by atoms with E-state index in [4.69, 9.17) is 0 Å². The van der Waals surface area contributed by atoms with E-state index >= 15 is 0 Å². The van der Waals surface area contributed by atoms with Gasteiger partial charge in [-0.15, -0.1) is 0 Å². The van der Waals surface area contributed by atoms with Crippen LogP contribution in [0.3, 0.4) is 0 Å². The minimum Gasteiger partial charge on any atom is -0.368 e. The Labute approximate surface area is 104 Å². The molecule has 0 atom stereocenters. The predicted molar refractivity (Wildman–Crippen MR) is 74.5 cm³/mol. The van der Waals surface area contributed by atoms with Gasteiger partial charge in [0.25, 0.3) is 0 Å². The van der Waals surface area contributed by atoms with Gasteiger partial charge in [0, 0.05) is 31.4 Å².